The molecule has 3 N–H and O–H groups in total. The SMILES string of the molecule is C[C@@H]1CN(CCCC2CCC(N3C(=S)N(c4cnc(C#N)c(C(F)(F)F)c4)C(=O)C3(C)C)CC2)C[C@H](C)N1CC(=O)Nc1cccc(NC2CCC(=O)NC2=O)c1. The van der Waals surface area contributed by atoms with Crippen molar-refractivity contribution in [1.29, 1.82) is 5.26 Å². The number of nitriles is 1. The van der Waals surface area contributed by atoms with Gasteiger partial charge in [0.15, 0.2) is 10.8 Å². The Hall–Kier alpha value is -4.66. The molecule has 4 fully saturated rings. The van der Waals surface area contributed by atoms with Crippen LogP contribution in [0.15, 0.2) is 36.5 Å². The van der Waals surface area contributed by atoms with Crippen LogP contribution in [0.5, 0.6) is 0 Å². The van der Waals surface area contributed by atoms with Gasteiger partial charge in [-0.25, -0.2) is 4.98 Å². The van der Waals surface area contributed by atoms with Gasteiger partial charge in [-0.3, -0.25) is 34.3 Å². The number of carbonyl (C=O) groups is 4. The van der Waals surface area contributed by atoms with Crippen molar-refractivity contribution in [3.05, 3.63) is 47.8 Å². The molecule has 306 valence electrons. The zero-order valence-electron chi connectivity index (χ0n) is 32.7. The van der Waals surface area contributed by atoms with E-state index in [4.69, 9.17) is 17.5 Å². The number of alkyl halides is 3. The largest absolute Gasteiger partial charge is 0.419 e. The number of benzene rings is 1. The second-order valence-electron chi connectivity index (χ2n) is 16.3. The molecule has 4 amide bonds. The van der Waals surface area contributed by atoms with E-state index in [1.54, 1.807) is 32.0 Å². The fraction of sp³-hybridized carbons (Fsp3) is 0.575. The molecule has 3 atom stereocenters. The number of piperidine rings is 1. The van der Waals surface area contributed by atoms with Crippen molar-refractivity contribution in [2.45, 2.75) is 115 Å². The summed E-state index contributed by atoms with van der Waals surface area (Å²) in [5.74, 6) is -0.658. The van der Waals surface area contributed by atoms with Gasteiger partial charge in [0.2, 0.25) is 17.7 Å². The topological polar surface area (TPSA) is 154 Å². The van der Waals surface area contributed by atoms with E-state index >= 15 is 0 Å². The molecular formula is C40H50F3N9O4S. The Bertz CT molecular complexity index is 1920. The van der Waals surface area contributed by atoms with Gasteiger partial charge in [-0.15, -0.1) is 0 Å². The van der Waals surface area contributed by atoms with Crippen LogP contribution in [-0.4, -0.2) is 104 Å². The summed E-state index contributed by atoms with van der Waals surface area (Å²) in [4.78, 5) is 61.8. The molecule has 0 bridgehead atoms. The second kappa shape index (κ2) is 17.1. The molecule has 3 saturated heterocycles. The fourth-order valence-corrected chi connectivity index (χ4v) is 9.44. The first kappa shape index (κ1) is 42.0. The number of nitrogens with one attached hydrogen (secondary N) is 3. The van der Waals surface area contributed by atoms with Crippen LogP contribution in [0.4, 0.5) is 30.2 Å². The summed E-state index contributed by atoms with van der Waals surface area (Å²) in [7, 11) is 0. The molecule has 1 aromatic heterocycles. The Morgan fingerprint density at radius 3 is 2.39 bits per heavy atom. The van der Waals surface area contributed by atoms with Crippen LogP contribution in [0.3, 0.4) is 0 Å². The Labute approximate surface area is 336 Å². The molecule has 1 unspecified atom stereocenters. The number of nitrogens with zero attached hydrogens (tertiary/aromatic N) is 6. The molecule has 0 radical (unpaired) electrons. The number of halogens is 3. The zero-order valence-corrected chi connectivity index (χ0v) is 33.5. The maximum Gasteiger partial charge on any atom is 0.419 e. The van der Waals surface area contributed by atoms with Crippen molar-refractivity contribution in [1.82, 2.24) is 25.0 Å². The van der Waals surface area contributed by atoms with E-state index in [1.807, 2.05) is 11.0 Å². The minimum atomic E-state index is -4.81. The molecule has 1 saturated carbocycles. The van der Waals surface area contributed by atoms with Gasteiger partial charge in [0.1, 0.15) is 17.6 Å². The summed E-state index contributed by atoms with van der Waals surface area (Å²) in [6.07, 6.45) is 2.59. The standard InChI is InChI=1S/C40H50F3N9O4S/c1-24-21-49(22-25(2)50(24)23-35(54)47-28-9-5-8-27(17-28)46-32-14-15-34(53)48-36(32)55)16-6-7-26-10-12-29(13-11-26)52-38(57)51(37(56)39(52,3)4)30-18-31(40(41,42)43)33(19-44)45-20-30/h5,8-9,17-18,20,24-26,29,32,46H,6-7,10-16,21-23H2,1-4H3,(H,47,54)(H,48,53,55)/t24-,25+,26?,29?,32?. The first-order chi connectivity index (χ1) is 27.0. The van der Waals surface area contributed by atoms with Crippen molar-refractivity contribution in [2.75, 3.05) is 41.7 Å². The molecule has 4 aliphatic rings. The summed E-state index contributed by atoms with van der Waals surface area (Å²) in [6, 6.07) is 9.26. The normalized spacial score (nSPS) is 26.0. The van der Waals surface area contributed by atoms with E-state index < -0.39 is 34.9 Å². The average molecular weight is 810 g/mol. The van der Waals surface area contributed by atoms with Crippen molar-refractivity contribution >= 4 is 58.0 Å². The monoisotopic (exact) mass is 809 g/mol. The maximum atomic E-state index is 13.7. The van der Waals surface area contributed by atoms with E-state index in [9.17, 15) is 32.3 Å². The zero-order chi connectivity index (χ0) is 41.2. The highest BCUT2D eigenvalue weighted by molar-refractivity contribution is 7.80. The minimum absolute atomic E-state index is 0.0310. The molecule has 13 nitrogen and oxygen atoms in total. The smallest absolute Gasteiger partial charge is 0.374 e. The van der Waals surface area contributed by atoms with E-state index in [1.165, 1.54) is 6.07 Å². The number of amides is 4. The van der Waals surface area contributed by atoms with Gasteiger partial charge >= 0.3 is 6.18 Å². The van der Waals surface area contributed by atoms with Gasteiger partial charge in [-0.1, -0.05) is 6.07 Å². The van der Waals surface area contributed by atoms with Gasteiger partial charge in [0.05, 0.1) is 24.0 Å². The molecule has 3 aliphatic heterocycles. The van der Waals surface area contributed by atoms with E-state index in [0.29, 0.717) is 23.7 Å². The van der Waals surface area contributed by atoms with Crippen LogP contribution in [0, 0.1) is 17.2 Å². The number of hydrogen-bond donors (Lipinski definition) is 3. The summed E-state index contributed by atoms with van der Waals surface area (Å²) in [6.45, 7) is 10.7. The molecule has 57 heavy (non-hydrogen) atoms. The molecule has 6 rings (SSSR count). The first-order valence-electron chi connectivity index (χ1n) is 19.6. The molecule has 1 aliphatic carbocycles. The number of anilines is 3. The van der Waals surface area contributed by atoms with E-state index in [-0.39, 0.29) is 59.6 Å². The van der Waals surface area contributed by atoms with Crippen LogP contribution in [0.1, 0.15) is 90.3 Å². The minimum Gasteiger partial charge on any atom is -0.374 e. The van der Waals surface area contributed by atoms with Crippen molar-refractivity contribution < 1.29 is 32.3 Å². The first-order valence-corrected chi connectivity index (χ1v) is 20.0. The Kier molecular flexibility index (Phi) is 12.6. The van der Waals surface area contributed by atoms with Crippen LogP contribution < -0.4 is 20.9 Å². The highest BCUT2D eigenvalue weighted by Crippen LogP contribution is 2.41. The molecule has 17 heteroatoms. The third-order valence-corrected chi connectivity index (χ3v) is 12.1. The number of imide groups is 1. The van der Waals surface area contributed by atoms with Crippen LogP contribution in [0.25, 0.3) is 0 Å². The molecule has 1 aromatic carbocycles. The van der Waals surface area contributed by atoms with Crippen molar-refractivity contribution in [3.8, 4) is 6.07 Å². The number of rotatable bonds is 11. The lowest BCUT2D eigenvalue weighted by molar-refractivity contribution is -0.138. The van der Waals surface area contributed by atoms with Gasteiger partial charge in [-0.05, 0) is 122 Å². The van der Waals surface area contributed by atoms with Gasteiger partial charge in [0, 0.05) is 49.0 Å². The van der Waals surface area contributed by atoms with Gasteiger partial charge in [0.25, 0.3) is 5.91 Å². The number of piperazine rings is 1. The lowest BCUT2D eigenvalue weighted by atomic mass is 9.82. The number of aromatic nitrogens is 1. The Morgan fingerprint density at radius 2 is 1.74 bits per heavy atom. The summed E-state index contributed by atoms with van der Waals surface area (Å²) >= 11 is 5.74. The second-order valence-corrected chi connectivity index (χ2v) is 16.6. The Balaban J connectivity index is 0.943. The lowest BCUT2D eigenvalue weighted by Gasteiger charge is -2.44. The quantitative estimate of drug-likeness (QED) is 0.201. The number of carbonyl (C=O) groups excluding carboxylic acids is 4. The van der Waals surface area contributed by atoms with E-state index in [0.717, 1.165) is 75.3 Å². The average Bonchev–Trinajstić information content (AvgIpc) is 3.32. The predicted molar refractivity (Wildman–Crippen MR) is 212 cm³/mol. The van der Waals surface area contributed by atoms with Gasteiger partial charge < -0.3 is 20.4 Å². The maximum absolute atomic E-state index is 13.7. The predicted octanol–water partition coefficient (Wildman–Crippen LogP) is 5.27. The highest BCUT2D eigenvalue weighted by atomic mass is 32.1. The molecule has 2 aromatic rings. The number of thiocarbonyl (C=S) groups is 1. The summed E-state index contributed by atoms with van der Waals surface area (Å²) in [5, 5.41) is 17.8. The van der Waals surface area contributed by atoms with Crippen molar-refractivity contribution in [2.24, 2.45) is 5.92 Å². The molecule has 4 heterocycles. The molecular weight excluding hydrogens is 760 g/mol. The summed E-state index contributed by atoms with van der Waals surface area (Å²) in [5.41, 5.74) is -1.81. The van der Waals surface area contributed by atoms with Crippen LogP contribution in [0.2, 0.25) is 0 Å². The number of hydrogen-bond acceptors (Lipinski definition) is 10. The third kappa shape index (κ3) is 9.39. The van der Waals surface area contributed by atoms with Crippen LogP contribution >= 0.6 is 12.2 Å². The number of pyridine rings is 1. The van der Waals surface area contributed by atoms with Crippen LogP contribution in [-0.2, 0) is 25.4 Å². The summed E-state index contributed by atoms with van der Waals surface area (Å²) < 4.78 is 41.1. The van der Waals surface area contributed by atoms with E-state index in [2.05, 4.69) is 44.6 Å². The fourth-order valence-electron chi connectivity index (χ4n) is 8.87. The Morgan fingerprint density at radius 1 is 1.05 bits per heavy atom. The van der Waals surface area contributed by atoms with Crippen molar-refractivity contribution in [3.63, 3.8) is 0 Å². The van der Waals surface area contributed by atoms with Gasteiger partial charge in [-0.2, -0.15) is 18.4 Å². The molecule has 0 spiro atoms. The third-order valence-electron chi connectivity index (χ3n) is 11.8. The lowest BCUT2D eigenvalue weighted by Crippen LogP contribution is -2.58. The highest BCUT2D eigenvalue weighted by Gasteiger charge is 2.53.